The maximum atomic E-state index is 13.1. The molecule has 3 heteroatoms. The molecule has 0 spiro atoms. The third kappa shape index (κ3) is 1.65. The first kappa shape index (κ1) is 9.62. The lowest BCUT2D eigenvalue weighted by Gasteiger charge is -2.26. The first-order valence-electron chi connectivity index (χ1n) is 5.08. The van der Waals surface area contributed by atoms with Crippen molar-refractivity contribution in [1.29, 1.82) is 0 Å². The molecule has 2 rings (SSSR count). The van der Waals surface area contributed by atoms with Gasteiger partial charge in [-0.2, -0.15) is 0 Å². The molecule has 1 aromatic rings. The lowest BCUT2D eigenvalue weighted by Crippen LogP contribution is -3.10. The first-order valence-corrected chi connectivity index (χ1v) is 5.08. The molecule has 3 N–H and O–H groups in total. The second-order valence-electron chi connectivity index (χ2n) is 4.20. The normalized spacial score (nSPS) is 21.0. The fraction of sp³-hybridized carbons (Fsp3) is 0.455. The van der Waals surface area contributed by atoms with E-state index in [1.807, 2.05) is 6.07 Å². The number of nitrogens with two attached hydrogens (primary N) is 1. The maximum Gasteiger partial charge on any atom is 0.163 e. The van der Waals surface area contributed by atoms with Gasteiger partial charge in [0.15, 0.2) is 6.04 Å². The van der Waals surface area contributed by atoms with Crippen LogP contribution in [0.15, 0.2) is 18.2 Å². The maximum absolute atomic E-state index is 13.1. The van der Waals surface area contributed by atoms with Gasteiger partial charge >= 0.3 is 0 Å². The Balaban J connectivity index is 2.41. The molecule has 1 heterocycles. The SMILES string of the molecule is C[NH+](C)[C@@H]1C[NH2+]Cc2ccc(F)cc21. The molecular formula is C11H17FN2+2. The topological polar surface area (TPSA) is 21.1 Å². The smallest absolute Gasteiger partial charge is 0.163 e. The number of likely N-dealkylation sites (N-methyl/N-ethyl adjacent to an activating group) is 1. The third-order valence-electron chi connectivity index (χ3n) is 2.95. The van der Waals surface area contributed by atoms with Gasteiger partial charge < -0.3 is 10.2 Å². The minimum absolute atomic E-state index is 0.114. The Morgan fingerprint density at radius 1 is 1.43 bits per heavy atom. The van der Waals surface area contributed by atoms with Crippen LogP contribution in [-0.2, 0) is 6.54 Å². The van der Waals surface area contributed by atoms with E-state index in [9.17, 15) is 4.39 Å². The molecule has 0 bridgehead atoms. The zero-order valence-electron chi connectivity index (χ0n) is 8.68. The van der Waals surface area contributed by atoms with Crippen LogP contribution >= 0.6 is 0 Å². The van der Waals surface area contributed by atoms with Crippen LogP contribution in [0.25, 0.3) is 0 Å². The van der Waals surface area contributed by atoms with Crippen LogP contribution in [0.3, 0.4) is 0 Å². The summed E-state index contributed by atoms with van der Waals surface area (Å²) in [6.07, 6.45) is 0. The fourth-order valence-electron chi connectivity index (χ4n) is 2.16. The second kappa shape index (κ2) is 3.67. The Morgan fingerprint density at radius 3 is 2.93 bits per heavy atom. The van der Waals surface area contributed by atoms with E-state index in [2.05, 4.69) is 19.4 Å². The van der Waals surface area contributed by atoms with Crippen LogP contribution < -0.4 is 10.2 Å². The highest BCUT2D eigenvalue weighted by molar-refractivity contribution is 5.30. The van der Waals surface area contributed by atoms with Crippen molar-refractivity contribution in [3.05, 3.63) is 35.1 Å². The molecule has 1 aliphatic rings. The summed E-state index contributed by atoms with van der Waals surface area (Å²) in [4.78, 5) is 1.37. The van der Waals surface area contributed by atoms with Gasteiger partial charge in [-0.3, -0.25) is 0 Å². The standard InChI is InChI=1S/C11H15FN2/c1-14(2)11-7-13-6-8-3-4-9(12)5-10(8)11/h3-5,11,13H,6-7H2,1-2H3/p+2/t11-/m1/s1. The van der Waals surface area contributed by atoms with Crippen molar-refractivity contribution in [3.8, 4) is 0 Å². The predicted molar refractivity (Wildman–Crippen MR) is 52.4 cm³/mol. The number of fused-ring (bicyclic) bond motifs is 1. The molecule has 0 unspecified atom stereocenters. The third-order valence-corrected chi connectivity index (χ3v) is 2.95. The zero-order valence-corrected chi connectivity index (χ0v) is 8.68. The van der Waals surface area contributed by atoms with E-state index in [0.29, 0.717) is 6.04 Å². The molecule has 0 aromatic heterocycles. The molecule has 0 saturated carbocycles. The summed E-state index contributed by atoms with van der Waals surface area (Å²) in [6.45, 7) is 2.04. The van der Waals surface area contributed by atoms with Gasteiger partial charge in [0.2, 0.25) is 0 Å². The highest BCUT2D eigenvalue weighted by Gasteiger charge is 2.27. The Labute approximate surface area is 83.7 Å². The molecular weight excluding hydrogens is 179 g/mol. The van der Waals surface area contributed by atoms with E-state index in [1.54, 1.807) is 12.1 Å². The van der Waals surface area contributed by atoms with Gasteiger partial charge in [0.25, 0.3) is 0 Å². The molecule has 0 aliphatic carbocycles. The number of hydrogen-bond acceptors (Lipinski definition) is 0. The molecule has 1 aromatic carbocycles. The lowest BCUT2D eigenvalue weighted by atomic mass is 9.96. The van der Waals surface area contributed by atoms with E-state index in [0.717, 1.165) is 13.1 Å². The van der Waals surface area contributed by atoms with E-state index in [-0.39, 0.29) is 5.82 Å². The number of halogens is 1. The van der Waals surface area contributed by atoms with Crippen LogP contribution in [-0.4, -0.2) is 20.6 Å². The summed E-state index contributed by atoms with van der Waals surface area (Å²) in [7, 11) is 4.25. The van der Waals surface area contributed by atoms with E-state index in [1.165, 1.54) is 16.0 Å². The van der Waals surface area contributed by atoms with Crippen LogP contribution in [0, 0.1) is 5.82 Å². The Hall–Kier alpha value is -0.930. The largest absolute Gasteiger partial charge is 0.337 e. The van der Waals surface area contributed by atoms with Gasteiger partial charge in [-0.05, 0) is 18.2 Å². The van der Waals surface area contributed by atoms with Gasteiger partial charge in [-0.15, -0.1) is 0 Å². The van der Waals surface area contributed by atoms with Crippen molar-refractivity contribution >= 4 is 0 Å². The van der Waals surface area contributed by atoms with Gasteiger partial charge in [-0.25, -0.2) is 4.39 Å². The Bertz CT molecular complexity index is 336. The first-order chi connectivity index (χ1) is 6.68. The average Bonchev–Trinajstić information content (AvgIpc) is 2.16. The average molecular weight is 196 g/mol. The van der Waals surface area contributed by atoms with Crippen molar-refractivity contribution in [2.45, 2.75) is 12.6 Å². The molecule has 2 nitrogen and oxygen atoms in total. The van der Waals surface area contributed by atoms with Crippen molar-refractivity contribution in [1.82, 2.24) is 0 Å². The molecule has 1 aliphatic heterocycles. The molecule has 14 heavy (non-hydrogen) atoms. The van der Waals surface area contributed by atoms with Crippen molar-refractivity contribution in [2.75, 3.05) is 20.6 Å². The second-order valence-corrected chi connectivity index (χ2v) is 4.20. The quantitative estimate of drug-likeness (QED) is 0.580. The van der Waals surface area contributed by atoms with Crippen LogP contribution in [0.2, 0.25) is 0 Å². The van der Waals surface area contributed by atoms with Crippen molar-refractivity contribution < 1.29 is 14.6 Å². The fourth-order valence-corrected chi connectivity index (χ4v) is 2.16. The summed E-state index contributed by atoms with van der Waals surface area (Å²) in [5.74, 6) is -0.114. The number of hydrogen-bond donors (Lipinski definition) is 2. The van der Waals surface area contributed by atoms with E-state index >= 15 is 0 Å². The number of quaternary nitrogens is 2. The van der Waals surface area contributed by atoms with Gasteiger partial charge in [0, 0.05) is 11.1 Å². The molecule has 0 amide bonds. The minimum Gasteiger partial charge on any atom is -0.337 e. The van der Waals surface area contributed by atoms with Crippen LogP contribution in [0.5, 0.6) is 0 Å². The highest BCUT2D eigenvalue weighted by Crippen LogP contribution is 2.18. The van der Waals surface area contributed by atoms with E-state index < -0.39 is 0 Å². The molecule has 0 fully saturated rings. The van der Waals surface area contributed by atoms with Gasteiger partial charge in [0.1, 0.15) is 18.9 Å². The summed E-state index contributed by atoms with van der Waals surface area (Å²) in [5, 5.41) is 2.29. The summed E-state index contributed by atoms with van der Waals surface area (Å²) >= 11 is 0. The Morgan fingerprint density at radius 2 is 2.21 bits per heavy atom. The van der Waals surface area contributed by atoms with Crippen molar-refractivity contribution in [2.24, 2.45) is 0 Å². The minimum atomic E-state index is -0.114. The van der Waals surface area contributed by atoms with E-state index in [4.69, 9.17) is 0 Å². The molecule has 76 valence electrons. The molecule has 0 saturated heterocycles. The zero-order chi connectivity index (χ0) is 10.1. The lowest BCUT2D eigenvalue weighted by molar-refractivity contribution is -0.912. The van der Waals surface area contributed by atoms with Crippen LogP contribution in [0.1, 0.15) is 17.2 Å². The van der Waals surface area contributed by atoms with Crippen molar-refractivity contribution in [3.63, 3.8) is 0 Å². The summed E-state index contributed by atoms with van der Waals surface area (Å²) in [6, 6.07) is 5.59. The summed E-state index contributed by atoms with van der Waals surface area (Å²) < 4.78 is 13.1. The van der Waals surface area contributed by atoms with Crippen LogP contribution in [0.4, 0.5) is 4.39 Å². The molecule has 0 radical (unpaired) electrons. The van der Waals surface area contributed by atoms with Gasteiger partial charge in [0.05, 0.1) is 14.1 Å². The molecule has 1 atom stereocenters. The number of benzene rings is 1. The highest BCUT2D eigenvalue weighted by atomic mass is 19.1. The summed E-state index contributed by atoms with van der Waals surface area (Å²) in [5.41, 5.74) is 2.47. The number of rotatable bonds is 1. The number of nitrogens with one attached hydrogen (secondary N) is 1. The monoisotopic (exact) mass is 196 g/mol. The van der Waals surface area contributed by atoms with Gasteiger partial charge in [-0.1, -0.05) is 0 Å². The predicted octanol–water partition coefficient (Wildman–Crippen LogP) is -0.912. The Kier molecular flexibility index (Phi) is 2.52.